The molecule has 0 saturated heterocycles. The number of aliphatic hydroxyl groups excluding tert-OH is 1. The molecule has 2 unspecified atom stereocenters. The first-order valence-corrected chi connectivity index (χ1v) is 6.93. The maximum absolute atomic E-state index is 9.72. The molecule has 2 aliphatic carbocycles. The van der Waals surface area contributed by atoms with Gasteiger partial charge in [0.15, 0.2) is 0 Å². The molecule has 2 saturated carbocycles. The summed E-state index contributed by atoms with van der Waals surface area (Å²) in [5.41, 5.74) is 3.01. The van der Waals surface area contributed by atoms with Crippen molar-refractivity contribution in [1.82, 2.24) is 0 Å². The van der Waals surface area contributed by atoms with Crippen LogP contribution in [0.15, 0.2) is 24.3 Å². The van der Waals surface area contributed by atoms with Crippen molar-refractivity contribution >= 4 is 0 Å². The van der Waals surface area contributed by atoms with Crippen LogP contribution in [0.4, 0.5) is 0 Å². The predicted molar refractivity (Wildman–Crippen MR) is 69.9 cm³/mol. The van der Waals surface area contributed by atoms with Crippen LogP contribution >= 0.6 is 0 Å². The van der Waals surface area contributed by atoms with E-state index in [1.165, 1.54) is 30.4 Å². The lowest BCUT2D eigenvalue weighted by molar-refractivity contribution is 0.117. The molecule has 0 aromatic heterocycles. The van der Waals surface area contributed by atoms with E-state index in [4.69, 9.17) is 0 Å². The second kappa shape index (κ2) is 4.13. The molecule has 92 valence electrons. The first-order chi connectivity index (χ1) is 8.24. The summed E-state index contributed by atoms with van der Waals surface area (Å²) in [5.74, 6) is 1.88. The summed E-state index contributed by atoms with van der Waals surface area (Å²) >= 11 is 0. The van der Waals surface area contributed by atoms with Gasteiger partial charge in [-0.05, 0) is 60.5 Å². The molecule has 1 aromatic rings. The van der Waals surface area contributed by atoms with Crippen molar-refractivity contribution in [3.05, 3.63) is 35.4 Å². The molecule has 1 nitrogen and oxygen atoms in total. The molecule has 3 rings (SSSR count). The first kappa shape index (κ1) is 11.3. The number of aliphatic hydroxyl groups is 1. The third-order valence-electron chi connectivity index (χ3n) is 4.81. The molecule has 0 bridgehead atoms. The minimum absolute atomic E-state index is 0.210. The van der Waals surface area contributed by atoms with E-state index in [0.29, 0.717) is 6.61 Å². The highest BCUT2D eigenvalue weighted by molar-refractivity contribution is 5.24. The fourth-order valence-corrected chi connectivity index (χ4v) is 3.66. The van der Waals surface area contributed by atoms with E-state index in [1.807, 2.05) is 0 Å². The largest absolute Gasteiger partial charge is 0.396 e. The number of hydrogen-bond acceptors (Lipinski definition) is 1. The first-order valence-electron chi connectivity index (χ1n) is 6.93. The lowest BCUT2D eigenvalue weighted by atomic mass is 9.78. The zero-order valence-electron chi connectivity index (χ0n) is 10.7. The van der Waals surface area contributed by atoms with Crippen LogP contribution in [0.1, 0.15) is 37.3 Å². The van der Waals surface area contributed by atoms with Gasteiger partial charge in [-0.25, -0.2) is 0 Å². The highest BCUT2D eigenvalue weighted by Gasteiger charge is 2.53. The van der Waals surface area contributed by atoms with Gasteiger partial charge in [0.05, 0.1) is 0 Å². The molecule has 1 aromatic carbocycles. The standard InChI is InChI=1S/C16H22O/c1-2-12-3-5-13(6-4-12)8-16(11-17)9-14-7-15(14)10-16/h3-6,14-15,17H,2,7-11H2,1H3. The quantitative estimate of drug-likeness (QED) is 0.842. The van der Waals surface area contributed by atoms with E-state index in [1.54, 1.807) is 0 Å². The van der Waals surface area contributed by atoms with Gasteiger partial charge in [0.1, 0.15) is 0 Å². The Hall–Kier alpha value is -0.820. The Morgan fingerprint density at radius 2 is 1.71 bits per heavy atom. The van der Waals surface area contributed by atoms with Crippen molar-refractivity contribution in [2.75, 3.05) is 6.61 Å². The van der Waals surface area contributed by atoms with Crippen molar-refractivity contribution < 1.29 is 5.11 Å². The van der Waals surface area contributed by atoms with Crippen LogP contribution in [-0.4, -0.2) is 11.7 Å². The summed E-state index contributed by atoms with van der Waals surface area (Å²) < 4.78 is 0. The average molecular weight is 230 g/mol. The topological polar surface area (TPSA) is 20.2 Å². The highest BCUT2D eigenvalue weighted by Crippen LogP contribution is 2.60. The van der Waals surface area contributed by atoms with Gasteiger partial charge in [-0.1, -0.05) is 31.2 Å². The van der Waals surface area contributed by atoms with Gasteiger partial charge in [-0.2, -0.15) is 0 Å². The molecule has 1 N–H and O–H groups in total. The van der Waals surface area contributed by atoms with Gasteiger partial charge >= 0.3 is 0 Å². The molecule has 2 aliphatic rings. The molecule has 0 spiro atoms. The highest BCUT2D eigenvalue weighted by atomic mass is 16.3. The fourth-order valence-electron chi connectivity index (χ4n) is 3.66. The maximum Gasteiger partial charge on any atom is 0.0490 e. The van der Waals surface area contributed by atoms with Crippen LogP contribution in [0.2, 0.25) is 0 Å². The van der Waals surface area contributed by atoms with Gasteiger partial charge in [-0.15, -0.1) is 0 Å². The predicted octanol–water partition coefficient (Wildman–Crippen LogP) is 3.20. The van der Waals surface area contributed by atoms with Crippen LogP contribution in [0.25, 0.3) is 0 Å². The molecular formula is C16H22O. The summed E-state index contributed by atoms with van der Waals surface area (Å²) in [6.07, 6.45) is 6.11. The Morgan fingerprint density at radius 3 is 2.24 bits per heavy atom. The normalized spacial score (nSPS) is 34.7. The molecule has 0 heterocycles. The second-order valence-corrected chi connectivity index (χ2v) is 6.17. The van der Waals surface area contributed by atoms with Gasteiger partial charge in [-0.3, -0.25) is 0 Å². The lowest BCUT2D eigenvalue weighted by Crippen LogP contribution is -2.26. The summed E-state index contributed by atoms with van der Waals surface area (Å²) in [6, 6.07) is 8.96. The number of aryl methyl sites for hydroxylation is 1. The minimum Gasteiger partial charge on any atom is -0.396 e. The Labute approximate surface area is 104 Å². The van der Waals surface area contributed by atoms with E-state index in [-0.39, 0.29) is 5.41 Å². The monoisotopic (exact) mass is 230 g/mol. The SMILES string of the molecule is CCc1ccc(CC2(CO)CC3CC3C2)cc1. The lowest BCUT2D eigenvalue weighted by Gasteiger charge is -2.28. The zero-order valence-corrected chi connectivity index (χ0v) is 10.7. The molecule has 0 aliphatic heterocycles. The Kier molecular flexibility index (Phi) is 2.74. The maximum atomic E-state index is 9.72. The molecule has 1 heteroatoms. The second-order valence-electron chi connectivity index (χ2n) is 6.17. The van der Waals surface area contributed by atoms with Crippen LogP contribution in [0, 0.1) is 17.3 Å². The van der Waals surface area contributed by atoms with Gasteiger partial charge in [0.25, 0.3) is 0 Å². The van der Waals surface area contributed by atoms with Crippen molar-refractivity contribution in [1.29, 1.82) is 0 Å². The van der Waals surface area contributed by atoms with Crippen LogP contribution in [-0.2, 0) is 12.8 Å². The number of hydrogen-bond donors (Lipinski definition) is 1. The smallest absolute Gasteiger partial charge is 0.0490 e. The molecule has 17 heavy (non-hydrogen) atoms. The summed E-state index contributed by atoms with van der Waals surface area (Å²) in [4.78, 5) is 0. The summed E-state index contributed by atoms with van der Waals surface area (Å²) in [5, 5.41) is 9.72. The van der Waals surface area contributed by atoms with E-state index in [2.05, 4.69) is 31.2 Å². The third kappa shape index (κ3) is 2.13. The molecule has 0 radical (unpaired) electrons. The third-order valence-corrected chi connectivity index (χ3v) is 4.81. The Balaban J connectivity index is 1.72. The van der Waals surface area contributed by atoms with Crippen molar-refractivity contribution in [3.8, 4) is 0 Å². The number of fused-ring (bicyclic) bond motifs is 1. The summed E-state index contributed by atoms with van der Waals surface area (Å²) in [7, 11) is 0. The van der Waals surface area contributed by atoms with Gasteiger partial charge in [0, 0.05) is 6.61 Å². The number of rotatable bonds is 4. The number of benzene rings is 1. The minimum atomic E-state index is 0.210. The van der Waals surface area contributed by atoms with Crippen LogP contribution in [0.3, 0.4) is 0 Å². The Morgan fingerprint density at radius 1 is 1.12 bits per heavy atom. The van der Waals surface area contributed by atoms with E-state index < -0.39 is 0 Å². The average Bonchev–Trinajstić information content (AvgIpc) is 2.99. The van der Waals surface area contributed by atoms with Crippen molar-refractivity contribution in [3.63, 3.8) is 0 Å². The van der Waals surface area contributed by atoms with Crippen molar-refractivity contribution in [2.24, 2.45) is 17.3 Å². The molecule has 2 fully saturated rings. The molecule has 0 amide bonds. The summed E-state index contributed by atoms with van der Waals surface area (Å²) in [6.45, 7) is 2.56. The zero-order chi connectivity index (χ0) is 11.9. The van der Waals surface area contributed by atoms with Gasteiger partial charge < -0.3 is 5.11 Å². The van der Waals surface area contributed by atoms with E-state index in [0.717, 1.165) is 24.7 Å². The van der Waals surface area contributed by atoms with Crippen LogP contribution in [0.5, 0.6) is 0 Å². The van der Waals surface area contributed by atoms with Crippen LogP contribution < -0.4 is 0 Å². The van der Waals surface area contributed by atoms with Gasteiger partial charge in [0.2, 0.25) is 0 Å². The molecule has 2 atom stereocenters. The fraction of sp³-hybridized carbons (Fsp3) is 0.625. The molecular weight excluding hydrogens is 208 g/mol. The Bertz CT molecular complexity index is 382. The van der Waals surface area contributed by atoms with Crippen molar-refractivity contribution in [2.45, 2.75) is 39.0 Å². The van der Waals surface area contributed by atoms with E-state index in [9.17, 15) is 5.11 Å². The van der Waals surface area contributed by atoms with E-state index >= 15 is 0 Å².